The molecular weight excluding hydrogens is 276 g/mol. The number of carbonyl (C=O) groups excluding carboxylic acids is 1. The lowest BCUT2D eigenvalue weighted by Crippen LogP contribution is -2.31. The molecule has 0 saturated heterocycles. The van der Waals surface area contributed by atoms with Crippen LogP contribution < -0.4 is 10.5 Å². The molecule has 20 heavy (non-hydrogen) atoms. The molecule has 3 N–H and O–H groups in total. The van der Waals surface area contributed by atoms with E-state index in [2.05, 4.69) is 5.32 Å². The third-order valence-corrected chi connectivity index (χ3v) is 4.68. The monoisotopic (exact) mass is 296 g/mol. The number of sulfonamides is 1. The van der Waals surface area contributed by atoms with Gasteiger partial charge in [0, 0.05) is 5.92 Å². The summed E-state index contributed by atoms with van der Waals surface area (Å²) < 4.78 is 22.7. The van der Waals surface area contributed by atoms with Gasteiger partial charge in [-0.2, -0.15) is 0 Å². The van der Waals surface area contributed by atoms with Crippen LogP contribution in [0.2, 0.25) is 0 Å². The smallest absolute Gasteiger partial charge is 0.238 e. The van der Waals surface area contributed by atoms with Crippen molar-refractivity contribution >= 4 is 15.9 Å². The average molecular weight is 296 g/mol. The average Bonchev–Trinajstić information content (AvgIpc) is 2.91. The fraction of sp³-hybridized carbons (Fsp3) is 0.500. The van der Waals surface area contributed by atoms with Crippen molar-refractivity contribution < 1.29 is 13.2 Å². The quantitative estimate of drug-likeness (QED) is 0.886. The predicted octanol–water partition coefficient (Wildman–Crippen LogP) is 1.70. The van der Waals surface area contributed by atoms with Crippen LogP contribution in [0.3, 0.4) is 0 Å². The lowest BCUT2D eigenvalue weighted by Gasteiger charge is -2.17. The molecule has 110 valence electrons. The van der Waals surface area contributed by atoms with Gasteiger partial charge in [-0.25, -0.2) is 13.6 Å². The highest BCUT2D eigenvalue weighted by Crippen LogP contribution is 2.26. The summed E-state index contributed by atoms with van der Waals surface area (Å²) in [5.41, 5.74) is 0.739. The van der Waals surface area contributed by atoms with Gasteiger partial charge in [-0.05, 0) is 37.5 Å². The van der Waals surface area contributed by atoms with Crippen molar-refractivity contribution in [3.63, 3.8) is 0 Å². The molecule has 0 unspecified atom stereocenters. The van der Waals surface area contributed by atoms with E-state index in [1.807, 2.05) is 6.92 Å². The van der Waals surface area contributed by atoms with Crippen LogP contribution in [0.5, 0.6) is 0 Å². The number of carbonyl (C=O) groups is 1. The van der Waals surface area contributed by atoms with Gasteiger partial charge in [0.2, 0.25) is 15.9 Å². The van der Waals surface area contributed by atoms with E-state index in [0.717, 1.165) is 31.2 Å². The Bertz CT molecular complexity index is 592. The first-order chi connectivity index (χ1) is 9.38. The van der Waals surface area contributed by atoms with E-state index < -0.39 is 10.0 Å². The molecule has 1 aliphatic carbocycles. The second-order valence-electron chi connectivity index (χ2n) is 5.33. The van der Waals surface area contributed by atoms with Crippen molar-refractivity contribution in [2.24, 2.45) is 11.1 Å². The Hall–Kier alpha value is -1.40. The largest absolute Gasteiger partial charge is 0.349 e. The first-order valence-corrected chi connectivity index (χ1v) is 8.35. The molecule has 1 fully saturated rings. The Morgan fingerprint density at radius 1 is 1.35 bits per heavy atom. The summed E-state index contributed by atoms with van der Waals surface area (Å²) >= 11 is 0. The molecule has 1 amide bonds. The SMILES string of the molecule is C[C@H](NC(=O)C1CCCC1)c1cccc(S(N)(=O)=O)c1. The summed E-state index contributed by atoms with van der Waals surface area (Å²) in [5, 5.41) is 8.05. The fourth-order valence-corrected chi connectivity index (χ4v) is 3.13. The van der Waals surface area contributed by atoms with Gasteiger partial charge < -0.3 is 5.32 Å². The van der Waals surface area contributed by atoms with Crippen LogP contribution in [0.1, 0.15) is 44.2 Å². The molecular formula is C14H20N2O3S. The second kappa shape index (κ2) is 5.93. The molecule has 1 aliphatic rings. The lowest BCUT2D eigenvalue weighted by atomic mass is 10.0. The maximum Gasteiger partial charge on any atom is 0.238 e. The van der Waals surface area contributed by atoms with Gasteiger partial charge in [-0.15, -0.1) is 0 Å². The molecule has 0 aliphatic heterocycles. The Labute approximate surface area is 119 Å². The number of amides is 1. The highest BCUT2D eigenvalue weighted by atomic mass is 32.2. The summed E-state index contributed by atoms with van der Waals surface area (Å²) in [4.78, 5) is 12.1. The third kappa shape index (κ3) is 3.58. The number of hydrogen-bond acceptors (Lipinski definition) is 3. The van der Waals surface area contributed by atoms with Gasteiger partial charge in [0.1, 0.15) is 0 Å². The number of primary sulfonamides is 1. The minimum atomic E-state index is -3.72. The first kappa shape index (κ1) is 15.0. The van der Waals surface area contributed by atoms with E-state index in [1.165, 1.54) is 12.1 Å². The molecule has 0 heterocycles. The Morgan fingerprint density at radius 3 is 2.60 bits per heavy atom. The molecule has 6 heteroatoms. The fourth-order valence-electron chi connectivity index (χ4n) is 2.56. The second-order valence-corrected chi connectivity index (χ2v) is 6.89. The zero-order valence-electron chi connectivity index (χ0n) is 11.5. The van der Waals surface area contributed by atoms with E-state index in [9.17, 15) is 13.2 Å². The Balaban J connectivity index is 2.09. The van der Waals surface area contributed by atoms with Crippen molar-refractivity contribution in [2.45, 2.75) is 43.5 Å². The number of nitrogens with two attached hydrogens (primary N) is 1. The highest BCUT2D eigenvalue weighted by Gasteiger charge is 2.24. The molecule has 2 rings (SSSR count). The van der Waals surface area contributed by atoms with Gasteiger partial charge in [-0.1, -0.05) is 25.0 Å². The van der Waals surface area contributed by atoms with Crippen LogP contribution in [-0.2, 0) is 14.8 Å². The van der Waals surface area contributed by atoms with Crippen LogP contribution in [-0.4, -0.2) is 14.3 Å². The number of hydrogen-bond donors (Lipinski definition) is 2. The topological polar surface area (TPSA) is 89.3 Å². The molecule has 0 radical (unpaired) electrons. The Morgan fingerprint density at radius 2 is 2.00 bits per heavy atom. The maximum atomic E-state index is 12.1. The minimum absolute atomic E-state index is 0.0519. The van der Waals surface area contributed by atoms with Crippen molar-refractivity contribution in [1.82, 2.24) is 5.32 Å². The molecule has 0 bridgehead atoms. The van der Waals surface area contributed by atoms with Crippen LogP contribution in [0, 0.1) is 5.92 Å². The molecule has 1 aromatic carbocycles. The normalized spacial score (nSPS) is 17.9. The van der Waals surface area contributed by atoms with Crippen molar-refractivity contribution in [1.29, 1.82) is 0 Å². The van der Waals surface area contributed by atoms with Gasteiger partial charge in [0.05, 0.1) is 10.9 Å². The number of nitrogens with one attached hydrogen (secondary N) is 1. The number of benzene rings is 1. The third-order valence-electron chi connectivity index (χ3n) is 3.77. The first-order valence-electron chi connectivity index (χ1n) is 6.81. The van der Waals surface area contributed by atoms with Crippen LogP contribution in [0.25, 0.3) is 0 Å². The Kier molecular flexibility index (Phi) is 4.45. The zero-order chi connectivity index (χ0) is 14.8. The molecule has 5 nitrogen and oxygen atoms in total. The molecule has 0 aromatic heterocycles. The summed E-state index contributed by atoms with van der Waals surface area (Å²) in [7, 11) is -3.72. The zero-order valence-corrected chi connectivity index (χ0v) is 12.3. The van der Waals surface area contributed by atoms with E-state index in [4.69, 9.17) is 5.14 Å². The predicted molar refractivity (Wildman–Crippen MR) is 76.3 cm³/mol. The van der Waals surface area contributed by atoms with Crippen LogP contribution in [0.4, 0.5) is 0 Å². The highest BCUT2D eigenvalue weighted by molar-refractivity contribution is 7.89. The minimum Gasteiger partial charge on any atom is -0.349 e. The van der Waals surface area contributed by atoms with Gasteiger partial charge >= 0.3 is 0 Å². The van der Waals surface area contributed by atoms with E-state index in [-0.39, 0.29) is 22.8 Å². The summed E-state index contributed by atoms with van der Waals surface area (Å²) in [6.45, 7) is 1.84. The summed E-state index contributed by atoms with van der Waals surface area (Å²) in [5.74, 6) is 0.148. The lowest BCUT2D eigenvalue weighted by molar-refractivity contribution is -0.125. The van der Waals surface area contributed by atoms with Crippen molar-refractivity contribution in [3.05, 3.63) is 29.8 Å². The molecule has 1 aromatic rings. The van der Waals surface area contributed by atoms with E-state index >= 15 is 0 Å². The molecule has 1 atom stereocenters. The van der Waals surface area contributed by atoms with E-state index in [0.29, 0.717) is 0 Å². The molecule has 0 spiro atoms. The van der Waals surface area contributed by atoms with E-state index in [1.54, 1.807) is 12.1 Å². The van der Waals surface area contributed by atoms with Crippen LogP contribution in [0.15, 0.2) is 29.2 Å². The van der Waals surface area contributed by atoms with Gasteiger partial charge in [-0.3, -0.25) is 4.79 Å². The van der Waals surface area contributed by atoms with Crippen LogP contribution >= 0.6 is 0 Å². The van der Waals surface area contributed by atoms with Gasteiger partial charge in [0.25, 0.3) is 0 Å². The standard InChI is InChI=1S/C14H20N2O3S/c1-10(16-14(17)11-5-2-3-6-11)12-7-4-8-13(9-12)20(15,18)19/h4,7-11H,2-3,5-6H2,1H3,(H,16,17)(H2,15,18,19)/t10-/m0/s1. The van der Waals surface area contributed by atoms with Crippen molar-refractivity contribution in [3.8, 4) is 0 Å². The maximum absolute atomic E-state index is 12.1. The van der Waals surface area contributed by atoms with Crippen molar-refractivity contribution in [2.75, 3.05) is 0 Å². The van der Waals surface area contributed by atoms with Gasteiger partial charge in [0.15, 0.2) is 0 Å². The summed E-state index contributed by atoms with van der Waals surface area (Å²) in [6.07, 6.45) is 4.09. The molecule has 1 saturated carbocycles. The number of rotatable bonds is 4. The summed E-state index contributed by atoms with van der Waals surface area (Å²) in [6, 6.07) is 6.14.